The van der Waals surface area contributed by atoms with Crippen LogP contribution in [0.5, 0.6) is 0 Å². The lowest BCUT2D eigenvalue weighted by atomic mass is 9.41. The van der Waals surface area contributed by atoms with Gasteiger partial charge in [0.15, 0.2) is 8.32 Å². The minimum Gasteiger partial charge on any atom is -0.413 e. The van der Waals surface area contributed by atoms with E-state index in [1.165, 1.54) is 51.4 Å². The molecule has 29 heavy (non-hydrogen) atoms. The number of aliphatic hydroxyl groups is 1. The fraction of sp³-hybridized carbons (Fsp3) is 1.00. The lowest BCUT2D eigenvalue weighted by Gasteiger charge is -2.65. The van der Waals surface area contributed by atoms with Gasteiger partial charge in [-0.2, -0.15) is 0 Å². The van der Waals surface area contributed by atoms with Crippen LogP contribution in [-0.2, 0) is 4.43 Å². The van der Waals surface area contributed by atoms with E-state index in [0.29, 0.717) is 28.3 Å². The molecule has 0 radical (unpaired) electrons. The maximum Gasteiger partial charge on any atom is 0.192 e. The quantitative estimate of drug-likeness (QED) is 0.480. The van der Waals surface area contributed by atoms with Crippen LogP contribution in [-0.4, -0.2) is 25.6 Å². The van der Waals surface area contributed by atoms with E-state index in [4.69, 9.17) is 4.43 Å². The summed E-state index contributed by atoms with van der Waals surface area (Å²) in [5, 5.41) is 11.1. The molecule has 0 aromatic carbocycles. The van der Waals surface area contributed by atoms with Crippen molar-refractivity contribution in [3.8, 4) is 0 Å². The predicted molar refractivity (Wildman–Crippen MR) is 124 cm³/mol. The number of rotatable bonds is 2. The first-order chi connectivity index (χ1) is 13.3. The fourth-order valence-electron chi connectivity index (χ4n) is 8.45. The SMILES string of the molecule is CC(C)(C)[Si](C)(C)O[C@H]1CC[C@@]2(C)[C@@H]3CCC4[C@@H](O)CCC[C@]4(C)C3CC[C@]12C. The van der Waals surface area contributed by atoms with Crippen LogP contribution in [0.25, 0.3) is 0 Å². The maximum atomic E-state index is 10.8. The van der Waals surface area contributed by atoms with Gasteiger partial charge in [-0.15, -0.1) is 0 Å². The second-order valence-corrected chi connectivity index (χ2v) is 18.4. The molecule has 0 aromatic heterocycles. The smallest absolute Gasteiger partial charge is 0.192 e. The number of hydrogen-bond acceptors (Lipinski definition) is 2. The lowest BCUT2D eigenvalue weighted by Crippen LogP contribution is -2.60. The third kappa shape index (κ3) is 3.07. The summed E-state index contributed by atoms with van der Waals surface area (Å²) in [6.07, 6.45) is 11.9. The molecule has 0 bridgehead atoms. The molecule has 0 heterocycles. The molecule has 0 aromatic rings. The highest BCUT2D eigenvalue weighted by Crippen LogP contribution is 2.72. The Balaban J connectivity index is 1.62. The van der Waals surface area contributed by atoms with E-state index < -0.39 is 8.32 Å². The van der Waals surface area contributed by atoms with Crippen LogP contribution in [0.15, 0.2) is 0 Å². The lowest BCUT2D eigenvalue weighted by molar-refractivity contribution is -0.179. The van der Waals surface area contributed by atoms with Gasteiger partial charge in [-0.05, 0) is 103 Å². The number of fused-ring (bicyclic) bond motifs is 5. The Labute approximate surface area is 181 Å². The zero-order valence-electron chi connectivity index (χ0n) is 20.6. The van der Waals surface area contributed by atoms with Crippen molar-refractivity contribution in [1.29, 1.82) is 0 Å². The molecule has 4 rings (SSSR count). The first-order valence-electron chi connectivity index (χ1n) is 12.6. The highest BCUT2D eigenvalue weighted by atomic mass is 28.4. The van der Waals surface area contributed by atoms with Gasteiger partial charge in [0.2, 0.25) is 0 Å². The van der Waals surface area contributed by atoms with Gasteiger partial charge in [0.05, 0.1) is 12.2 Å². The van der Waals surface area contributed by atoms with Crippen LogP contribution in [0.3, 0.4) is 0 Å². The Bertz CT molecular complexity index is 639. The van der Waals surface area contributed by atoms with Crippen molar-refractivity contribution in [1.82, 2.24) is 0 Å². The molecule has 4 saturated carbocycles. The summed E-state index contributed by atoms with van der Waals surface area (Å²) in [5.41, 5.74) is 1.09. The third-order valence-electron chi connectivity index (χ3n) is 11.6. The third-order valence-corrected chi connectivity index (χ3v) is 16.1. The molecule has 4 fully saturated rings. The van der Waals surface area contributed by atoms with E-state index in [1.807, 2.05) is 0 Å². The normalized spacial score (nSPS) is 50.6. The molecule has 0 aliphatic heterocycles. The van der Waals surface area contributed by atoms with Crippen LogP contribution >= 0.6 is 0 Å². The molecule has 8 atom stereocenters. The van der Waals surface area contributed by atoms with E-state index in [9.17, 15) is 5.11 Å². The van der Waals surface area contributed by atoms with Crippen LogP contribution < -0.4 is 0 Å². The van der Waals surface area contributed by atoms with Crippen molar-refractivity contribution in [3.05, 3.63) is 0 Å². The number of aliphatic hydroxyl groups excluding tert-OH is 1. The summed E-state index contributed by atoms with van der Waals surface area (Å²) in [6.45, 7) is 19.8. The van der Waals surface area contributed by atoms with Crippen molar-refractivity contribution in [2.75, 3.05) is 0 Å². The van der Waals surface area contributed by atoms with Gasteiger partial charge < -0.3 is 9.53 Å². The van der Waals surface area contributed by atoms with Crippen molar-refractivity contribution in [2.45, 2.75) is 130 Å². The largest absolute Gasteiger partial charge is 0.413 e. The van der Waals surface area contributed by atoms with Gasteiger partial charge in [-0.3, -0.25) is 0 Å². The first kappa shape index (κ1) is 22.3. The molecule has 4 aliphatic rings. The van der Waals surface area contributed by atoms with Crippen molar-refractivity contribution in [3.63, 3.8) is 0 Å². The highest BCUT2D eigenvalue weighted by Gasteiger charge is 2.66. The molecule has 168 valence electrons. The summed E-state index contributed by atoms with van der Waals surface area (Å²) >= 11 is 0. The fourth-order valence-corrected chi connectivity index (χ4v) is 9.89. The van der Waals surface area contributed by atoms with Gasteiger partial charge in [-0.1, -0.05) is 48.0 Å². The average Bonchev–Trinajstić information content (AvgIpc) is 2.85. The van der Waals surface area contributed by atoms with E-state index in [2.05, 4.69) is 54.6 Å². The molecular weight excluding hydrogens is 372 g/mol. The average molecular weight is 421 g/mol. The molecule has 2 unspecified atom stereocenters. The molecule has 0 saturated heterocycles. The Kier molecular flexibility index (Phi) is 5.25. The molecule has 1 N–H and O–H groups in total. The minimum absolute atomic E-state index is 0.0472. The summed E-state index contributed by atoms with van der Waals surface area (Å²) in [7, 11) is -1.75. The molecule has 0 spiro atoms. The van der Waals surface area contributed by atoms with Gasteiger partial charge in [0.25, 0.3) is 0 Å². The van der Waals surface area contributed by atoms with Crippen molar-refractivity contribution in [2.24, 2.45) is 34.0 Å². The summed E-state index contributed by atoms with van der Waals surface area (Å²) in [5.74, 6) is 2.17. The van der Waals surface area contributed by atoms with Gasteiger partial charge in [0, 0.05) is 0 Å². The van der Waals surface area contributed by atoms with E-state index in [1.54, 1.807) is 0 Å². The zero-order chi connectivity index (χ0) is 21.5. The second-order valence-electron chi connectivity index (χ2n) is 13.6. The summed E-state index contributed by atoms with van der Waals surface area (Å²) < 4.78 is 7.13. The van der Waals surface area contributed by atoms with Crippen LogP contribution in [0, 0.1) is 34.0 Å². The summed E-state index contributed by atoms with van der Waals surface area (Å²) in [4.78, 5) is 0. The van der Waals surface area contributed by atoms with Gasteiger partial charge >= 0.3 is 0 Å². The van der Waals surface area contributed by atoms with E-state index >= 15 is 0 Å². The number of hydrogen-bond donors (Lipinski definition) is 1. The van der Waals surface area contributed by atoms with Crippen molar-refractivity contribution >= 4 is 8.32 Å². The Hall–Kier alpha value is 0.137. The van der Waals surface area contributed by atoms with Crippen LogP contribution in [0.1, 0.15) is 99.3 Å². The first-order valence-corrected chi connectivity index (χ1v) is 15.5. The van der Waals surface area contributed by atoms with Crippen LogP contribution in [0.4, 0.5) is 0 Å². The Morgan fingerprint density at radius 2 is 1.41 bits per heavy atom. The van der Waals surface area contributed by atoms with E-state index in [0.717, 1.165) is 18.3 Å². The van der Waals surface area contributed by atoms with Crippen LogP contribution in [0.2, 0.25) is 18.1 Å². The monoisotopic (exact) mass is 420 g/mol. The van der Waals surface area contributed by atoms with Gasteiger partial charge in [0.1, 0.15) is 0 Å². The maximum absolute atomic E-state index is 10.8. The summed E-state index contributed by atoms with van der Waals surface area (Å²) in [6, 6.07) is 0. The minimum atomic E-state index is -1.75. The molecule has 3 heteroatoms. The van der Waals surface area contributed by atoms with Gasteiger partial charge in [-0.25, -0.2) is 0 Å². The molecule has 4 aliphatic carbocycles. The zero-order valence-corrected chi connectivity index (χ0v) is 21.6. The standard InChI is InChI=1S/C26H48O2Si/c1-23(2,3)29(7,8)28-22-14-17-25(5)19-11-12-20-21(27)10-9-15-24(20,4)18(19)13-16-26(22,25)6/h18-22,27H,9-17H2,1-8H3/t18?,19-,20?,21+,22+,24-,25+,26-/m1/s1. The van der Waals surface area contributed by atoms with Crippen molar-refractivity contribution < 1.29 is 9.53 Å². The van der Waals surface area contributed by atoms with E-state index in [-0.39, 0.29) is 11.1 Å². The Morgan fingerprint density at radius 3 is 2.07 bits per heavy atom. The Morgan fingerprint density at radius 1 is 0.793 bits per heavy atom. The topological polar surface area (TPSA) is 29.5 Å². The predicted octanol–water partition coefficient (Wildman–Crippen LogP) is 7.17. The highest BCUT2D eigenvalue weighted by molar-refractivity contribution is 6.74. The second kappa shape index (κ2) is 6.82. The molecular formula is C26H48O2Si. The molecule has 2 nitrogen and oxygen atoms in total. The molecule has 0 amide bonds.